The monoisotopic (exact) mass is 559 g/mol. The maximum Gasteiger partial charge on any atom is 0.263 e. The minimum Gasteiger partial charge on any atom is -0.371 e. The lowest BCUT2D eigenvalue weighted by Crippen LogP contribution is -2.41. The van der Waals surface area contributed by atoms with Crippen LogP contribution in [0, 0.1) is 12.8 Å². The van der Waals surface area contributed by atoms with Crippen molar-refractivity contribution in [1.82, 2.24) is 10.3 Å². The first-order valence-corrected chi connectivity index (χ1v) is 15.8. The number of thiazole rings is 1. The Morgan fingerprint density at radius 1 is 1.31 bits per heavy atom. The molecule has 5 nitrogen and oxygen atoms in total. The molecule has 36 heavy (non-hydrogen) atoms. The standard InChI is InChI=1S/C27H30ClN3O2S3/c1-18-25(35-27(30-18)21-9-11-22(28)12-10-21)26(32)29-16-20-7-5-13-31(17-20)23-8-4-6-19(14-23)15-24(34-2)36(3)33/h4,6,8-12,14-15,20H,5,7,13,16-17H2,1-3H3,(H,29,32). The van der Waals surface area contributed by atoms with Crippen molar-refractivity contribution in [2.45, 2.75) is 19.8 Å². The van der Waals surface area contributed by atoms with Gasteiger partial charge in [-0.15, -0.1) is 23.1 Å². The van der Waals surface area contributed by atoms with Gasteiger partial charge in [0.2, 0.25) is 0 Å². The first-order chi connectivity index (χ1) is 17.3. The Morgan fingerprint density at radius 3 is 2.81 bits per heavy atom. The number of aryl methyl sites for hydroxylation is 1. The summed E-state index contributed by atoms with van der Waals surface area (Å²) >= 11 is 8.93. The van der Waals surface area contributed by atoms with Crippen LogP contribution in [0.3, 0.4) is 0 Å². The predicted molar refractivity (Wildman–Crippen MR) is 157 cm³/mol. The Morgan fingerprint density at radius 2 is 2.08 bits per heavy atom. The smallest absolute Gasteiger partial charge is 0.263 e. The molecular formula is C27H30ClN3O2S3. The average molecular weight is 560 g/mol. The van der Waals surface area contributed by atoms with Gasteiger partial charge in [0.1, 0.15) is 9.88 Å². The SMILES string of the molecule is CSC(=Cc1cccc(N2CCCC(CNC(=O)c3sc(-c4ccc(Cl)cc4)nc3C)C2)c1)S(C)=O. The van der Waals surface area contributed by atoms with Crippen molar-refractivity contribution in [2.75, 3.05) is 37.0 Å². The number of anilines is 1. The minimum atomic E-state index is -0.995. The molecule has 1 fully saturated rings. The zero-order valence-electron chi connectivity index (χ0n) is 20.6. The molecule has 190 valence electrons. The normalized spacial score (nSPS) is 17.2. The van der Waals surface area contributed by atoms with Gasteiger partial charge < -0.3 is 10.2 Å². The number of thioether (sulfide) groups is 1. The van der Waals surface area contributed by atoms with E-state index in [2.05, 4.69) is 27.3 Å². The van der Waals surface area contributed by atoms with Gasteiger partial charge in [-0.05, 0) is 67.8 Å². The summed E-state index contributed by atoms with van der Waals surface area (Å²) in [6, 6.07) is 15.9. The van der Waals surface area contributed by atoms with Crippen LogP contribution in [0.15, 0.2) is 52.8 Å². The molecule has 1 saturated heterocycles. The Labute approximate surface area is 228 Å². The Bertz CT molecular complexity index is 1270. The van der Waals surface area contributed by atoms with Crippen LogP contribution in [-0.2, 0) is 10.8 Å². The van der Waals surface area contributed by atoms with Crippen molar-refractivity contribution in [3.63, 3.8) is 0 Å². The number of aromatic nitrogens is 1. The molecule has 2 atom stereocenters. The first-order valence-electron chi connectivity index (χ1n) is 11.8. The molecule has 1 aliphatic rings. The van der Waals surface area contributed by atoms with Gasteiger partial charge in [0.05, 0.1) is 20.7 Å². The number of nitrogens with one attached hydrogen (secondary N) is 1. The van der Waals surface area contributed by atoms with E-state index in [1.807, 2.05) is 55.7 Å². The zero-order chi connectivity index (χ0) is 25.7. The molecule has 2 unspecified atom stereocenters. The van der Waals surface area contributed by atoms with Gasteiger partial charge in [-0.3, -0.25) is 9.00 Å². The molecule has 0 radical (unpaired) electrons. The second-order valence-corrected chi connectivity index (χ2v) is 12.7. The quantitative estimate of drug-likeness (QED) is 0.343. The van der Waals surface area contributed by atoms with Gasteiger partial charge >= 0.3 is 0 Å². The van der Waals surface area contributed by atoms with E-state index < -0.39 is 10.8 Å². The maximum atomic E-state index is 13.0. The first kappa shape index (κ1) is 26.9. The van der Waals surface area contributed by atoms with Crippen LogP contribution in [0.4, 0.5) is 5.69 Å². The zero-order valence-corrected chi connectivity index (χ0v) is 23.8. The fourth-order valence-corrected chi connectivity index (χ4v) is 6.92. The van der Waals surface area contributed by atoms with Gasteiger partial charge in [0.25, 0.3) is 5.91 Å². The van der Waals surface area contributed by atoms with Crippen molar-refractivity contribution in [2.24, 2.45) is 5.92 Å². The number of nitrogens with zero attached hydrogens (tertiary/aromatic N) is 2. The van der Waals surface area contributed by atoms with Gasteiger partial charge in [-0.25, -0.2) is 4.98 Å². The molecule has 2 aromatic carbocycles. The third-order valence-electron chi connectivity index (χ3n) is 6.17. The Balaban J connectivity index is 1.38. The Kier molecular flexibility index (Phi) is 9.28. The number of carbonyl (C=O) groups is 1. The molecule has 1 aromatic heterocycles. The summed E-state index contributed by atoms with van der Waals surface area (Å²) in [7, 11) is -0.995. The van der Waals surface area contributed by atoms with E-state index in [0.717, 1.165) is 57.7 Å². The Hall–Kier alpha value is -2.13. The van der Waals surface area contributed by atoms with Gasteiger partial charge in [0.15, 0.2) is 0 Å². The fraction of sp³-hybridized carbons (Fsp3) is 0.333. The lowest BCUT2D eigenvalue weighted by atomic mass is 9.97. The highest BCUT2D eigenvalue weighted by Gasteiger charge is 2.22. The molecule has 0 bridgehead atoms. The summed E-state index contributed by atoms with van der Waals surface area (Å²) in [6.07, 6.45) is 7.83. The third-order valence-corrected chi connectivity index (χ3v) is 10.0. The van der Waals surface area contributed by atoms with E-state index in [-0.39, 0.29) is 5.91 Å². The van der Waals surface area contributed by atoms with Crippen LogP contribution < -0.4 is 10.2 Å². The number of rotatable bonds is 8. The van der Waals surface area contributed by atoms with Crippen LogP contribution >= 0.6 is 34.7 Å². The molecule has 1 aliphatic heterocycles. The van der Waals surface area contributed by atoms with Crippen molar-refractivity contribution in [3.8, 4) is 10.6 Å². The van der Waals surface area contributed by atoms with Gasteiger partial charge in [0, 0.05) is 42.2 Å². The van der Waals surface area contributed by atoms with E-state index in [1.54, 1.807) is 6.26 Å². The van der Waals surface area contributed by atoms with Crippen LogP contribution in [0.5, 0.6) is 0 Å². The molecule has 0 saturated carbocycles. The molecule has 0 aliphatic carbocycles. The highest BCUT2D eigenvalue weighted by atomic mass is 35.5. The molecule has 9 heteroatoms. The molecule has 1 amide bonds. The van der Waals surface area contributed by atoms with Crippen molar-refractivity contribution >= 4 is 63.2 Å². The lowest BCUT2D eigenvalue weighted by Gasteiger charge is -2.34. The summed E-state index contributed by atoms with van der Waals surface area (Å²) in [5.74, 6) is 0.308. The van der Waals surface area contributed by atoms with E-state index in [0.29, 0.717) is 22.4 Å². The number of hydrogen-bond donors (Lipinski definition) is 1. The highest BCUT2D eigenvalue weighted by Crippen LogP contribution is 2.29. The number of hydrogen-bond acceptors (Lipinski definition) is 6. The molecular weight excluding hydrogens is 530 g/mol. The summed E-state index contributed by atoms with van der Waals surface area (Å²) < 4.78 is 12.8. The number of piperidine rings is 1. The molecule has 3 aromatic rings. The highest BCUT2D eigenvalue weighted by molar-refractivity contribution is 8.16. The van der Waals surface area contributed by atoms with Crippen molar-refractivity contribution in [3.05, 3.63) is 73.9 Å². The number of benzene rings is 2. The minimum absolute atomic E-state index is 0.0633. The van der Waals surface area contributed by atoms with Crippen LogP contribution in [0.25, 0.3) is 16.6 Å². The third kappa shape index (κ3) is 6.79. The largest absolute Gasteiger partial charge is 0.371 e. The van der Waals surface area contributed by atoms with Crippen LogP contribution in [0.1, 0.15) is 33.8 Å². The number of halogens is 1. The topological polar surface area (TPSA) is 62.3 Å². The van der Waals surface area contributed by atoms with E-state index >= 15 is 0 Å². The summed E-state index contributed by atoms with van der Waals surface area (Å²) in [5.41, 5.74) is 3.92. The fourth-order valence-electron chi connectivity index (χ4n) is 4.31. The molecule has 4 rings (SSSR count). The van der Waals surface area contributed by atoms with Gasteiger partial charge in [-0.1, -0.05) is 35.9 Å². The van der Waals surface area contributed by atoms with Gasteiger partial charge in [-0.2, -0.15) is 0 Å². The summed E-state index contributed by atoms with van der Waals surface area (Å²) in [5, 5.41) is 4.65. The molecule has 1 N–H and O–H groups in total. The van der Waals surface area contributed by atoms with E-state index in [9.17, 15) is 9.00 Å². The maximum absolute atomic E-state index is 13.0. The molecule has 0 spiro atoms. The van der Waals surface area contributed by atoms with E-state index in [1.165, 1.54) is 23.1 Å². The summed E-state index contributed by atoms with van der Waals surface area (Å²) in [4.78, 5) is 20.6. The predicted octanol–water partition coefficient (Wildman–Crippen LogP) is 6.46. The van der Waals surface area contributed by atoms with Crippen molar-refractivity contribution < 1.29 is 9.00 Å². The number of carbonyl (C=O) groups excluding carboxylic acids is 1. The second-order valence-electron chi connectivity index (χ2n) is 8.82. The lowest BCUT2D eigenvalue weighted by molar-refractivity contribution is 0.0949. The van der Waals surface area contributed by atoms with E-state index in [4.69, 9.17) is 11.6 Å². The average Bonchev–Trinajstić information content (AvgIpc) is 3.28. The number of amides is 1. The van der Waals surface area contributed by atoms with Crippen LogP contribution in [0.2, 0.25) is 5.02 Å². The van der Waals surface area contributed by atoms with Crippen molar-refractivity contribution in [1.29, 1.82) is 0 Å². The second kappa shape index (κ2) is 12.4. The summed E-state index contributed by atoms with van der Waals surface area (Å²) in [6.45, 7) is 4.39. The molecule has 2 heterocycles. The van der Waals surface area contributed by atoms with Crippen LogP contribution in [-0.4, -0.2) is 47.2 Å².